The van der Waals surface area contributed by atoms with E-state index in [1.165, 1.54) is 0 Å². The highest BCUT2D eigenvalue weighted by molar-refractivity contribution is 6.31. The second kappa shape index (κ2) is 10.7. The largest absolute Gasteiger partial charge is 0.444 e. The Bertz CT molecular complexity index is 1030. The van der Waals surface area contributed by atoms with Crippen molar-refractivity contribution in [3.8, 4) is 0 Å². The zero-order valence-electron chi connectivity index (χ0n) is 20.9. The van der Waals surface area contributed by atoms with Crippen LogP contribution in [-0.4, -0.2) is 58.1 Å². The number of hydrogen-bond acceptors (Lipinski definition) is 5. The van der Waals surface area contributed by atoms with E-state index in [0.717, 1.165) is 36.3 Å². The highest BCUT2D eigenvalue weighted by Crippen LogP contribution is 2.27. The van der Waals surface area contributed by atoms with Gasteiger partial charge in [-0.05, 0) is 76.4 Å². The van der Waals surface area contributed by atoms with Gasteiger partial charge in [0, 0.05) is 54.8 Å². The minimum atomic E-state index is -0.513. The van der Waals surface area contributed by atoms with E-state index in [4.69, 9.17) is 16.3 Å². The van der Waals surface area contributed by atoms with Crippen LogP contribution in [0.1, 0.15) is 61.8 Å². The first-order valence-corrected chi connectivity index (χ1v) is 12.1. The van der Waals surface area contributed by atoms with E-state index in [2.05, 4.69) is 15.2 Å². The van der Waals surface area contributed by atoms with Crippen molar-refractivity contribution >= 4 is 29.3 Å². The Labute approximate surface area is 207 Å². The molecule has 184 valence electrons. The number of carbonyl (C=O) groups is 2. The highest BCUT2D eigenvalue weighted by atomic mass is 35.5. The minimum absolute atomic E-state index is 0.0286. The van der Waals surface area contributed by atoms with Crippen molar-refractivity contribution in [2.45, 2.75) is 66.2 Å². The monoisotopic (exact) mass is 486 g/mol. The molecule has 1 N–H and O–H groups in total. The Hall–Kier alpha value is -2.64. The smallest absolute Gasteiger partial charge is 0.410 e. The van der Waals surface area contributed by atoms with Gasteiger partial charge in [0.25, 0.3) is 5.91 Å². The number of anilines is 1. The van der Waals surface area contributed by atoms with Crippen molar-refractivity contribution in [1.82, 2.24) is 14.8 Å². The zero-order chi connectivity index (χ0) is 25.0. The van der Waals surface area contributed by atoms with E-state index in [-0.39, 0.29) is 18.0 Å². The van der Waals surface area contributed by atoms with Crippen LogP contribution < -0.4 is 5.32 Å². The zero-order valence-corrected chi connectivity index (χ0v) is 21.7. The number of nitrogens with zero attached hydrogens (tertiary/aromatic N) is 3. The van der Waals surface area contributed by atoms with Crippen molar-refractivity contribution in [3.05, 3.63) is 57.9 Å². The van der Waals surface area contributed by atoms with Gasteiger partial charge in [0.15, 0.2) is 0 Å². The van der Waals surface area contributed by atoms with Crippen LogP contribution in [0.4, 0.5) is 10.5 Å². The molecule has 1 atom stereocenters. The van der Waals surface area contributed by atoms with Crippen LogP contribution in [0.2, 0.25) is 5.02 Å². The molecule has 1 aromatic heterocycles. The topological polar surface area (TPSA) is 74.8 Å². The third-order valence-electron chi connectivity index (χ3n) is 5.91. The van der Waals surface area contributed by atoms with Gasteiger partial charge in [-0.25, -0.2) is 4.79 Å². The quantitative estimate of drug-likeness (QED) is 0.620. The minimum Gasteiger partial charge on any atom is -0.444 e. The Morgan fingerprint density at radius 1 is 1.24 bits per heavy atom. The predicted octanol–water partition coefficient (Wildman–Crippen LogP) is 5.30. The fourth-order valence-corrected chi connectivity index (χ4v) is 4.24. The van der Waals surface area contributed by atoms with Crippen LogP contribution in [0.3, 0.4) is 0 Å². The second-order valence-electron chi connectivity index (χ2n) is 9.84. The maximum Gasteiger partial charge on any atom is 0.410 e. The number of carbonyl (C=O) groups excluding carboxylic acids is 2. The molecule has 1 aliphatic rings. The number of rotatable bonds is 5. The summed E-state index contributed by atoms with van der Waals surface area (Å²) in [6.07, 6.45) is 2.15. The lowest BCUT2D eigenvalue weighted by atomic mass is 10.0. The normalized spacial score (nSPS) is 16.9. The lowest BCUT2D eigenvalue weighted by molar-refractivity contribution is 0.000535. The fraction of sp³-hybridized carbons (Fsp3) is 0.500. The third-order valence-corrected chi connectivity index (χ3v) is 6.13. The summed E-state index contributed by atoms with van der Waals surface area (Å²) in [6.45, 7) is 14.4. The van der Waals surface area contributed by atoms with Crippen LogP contribution in [0.15, 0.2) is 30.5 Å². The molecule has 2 aromatic rings. The summed E-state index contributed by atoms with van der Waals surface area (Å²) in [6, 6.07) is 7.39. The number of pyridine rings is 1. The van der Waals surface area contributed by atoms with E-state index in [1.807, 2.05) is 53.7 Å². The van der Waals surface area contributed by atoms with Gasteiger partial charge >= 0.3 is 6.09 Å². The fourth-order valence-electron chi connectivity index (χ4n) is 4.00. The number of halogens is 1. The summed E-state index contributed by atoms with van der Waals surface area (Å²) in [5.74, 6) is -0.217. The summed E-state index contributed by atoms with van der Waals surface area (Å²) in [7, 11) is 0. The first-order valence-electron chi connectivity index (χ1n) is 11.7. The molecule has 1 aromatic carbocycles. The van der Waals surface area contributed by atoms with Crippen molar-refractivity contribution in [2.75, 3.05) is 25.0 Å². The van der Waals surface area contributed by atoms with E-state index in [0.29, 0.717) is 29.4 Å². The van der Waals surface area contributed by atoms with Crippen molar-refractivity contribution in [3.63, 3.8) is 0 Å². The second-order valence-corrected chi connectivity index (χ2v) is 10.3. The first kappa shape index (κ1) is 26.0. The molecule has 1 aliphatic heterocycles. The van der Waals surface area contributed by atoms with Gasteiger partial charge in [0.05, 0.1) is 5.56 Å². The van der Waals surface area contributed by atoms with Gasteiger partial charge in [-0.15, -0.1) is 0 Å². The Kier molecular flexibility index (Phi) is 8.21. The molecule has 0 bridgehead atoms. The maximum absolute atomic E-state index is 12.8. The van der Waals surface area contributed by atoms with Crippen LogP contribution in [0.25, 0.3) is 0 Å². The standard InChI is InChI=1S/C26H35ClN4O3/c1-7-22-9-8-19(14-28-22)24(32)29-23-13-21(27)12-20(18(23)3)16-30-10-11-31(17(2)15-30)25(33)34-26(4,5)6/h8-9,12-14,17H,7,10-11,15-16H2,1-6H3,(H,29,32). The number of aryl methyl sites for hydroxylation is 1. The first-order chi connectivity index (χ1) is 16.0. The molecule has 8 heteroatoms. The summed E-state index contributed by atoms with van der Waals surface area (Å²) >= 11 is 6.41. The Balaban J connectivity index is 1.68. The van der Waals surface area contributed by atoms with E-state index in [1.54, 1.807) is 23.2 Å². The lowest BCUT2D eigenvalue weighted by Gasteiger charge is -2.40. The summed E-state index contributed by atoms with van der Waals surface area (Å²) < 4.78 is 5.54. The molecule has 1 saturated heterocycles. The molecule has 2 heterocycles. The molecule has 0 radical (unpaired) electrons. The molecule has 3 rings (SSSR count). The molecular formula is C26H35ClN4O3. The average Bonchev–Trinajstić information content (AvgIpc) is 2.75. The molecule has 34 heavy (non-hydrogen) atoms. The van der Waals surface area contributed by atoms with Crippen molar-refractivity contribution in [2.24, 2.45) is 0 Å². The third kappa shape index (κ3) is 6.70. The average molecular weight is 487 g/mol. The van der Waals surface area contributed by atoms with Crippen molar-refractivity contribution in [1.29, 1.82) is 0 Å². The molecule has 2 amide bonds. The number of hydrogen-bond donors (Lipinski definition) is 1. The summed E-state index contributed by atoms with van der Waals surface area (Å²) in [5, 5.41) is 3.55. The van der Waals surface area contributed by atoms with Gasteiger partial charge in [0.1, 0.15) is 5.60 Å². The van der Waals surface area contributed by atoms with Crippen molar-refractivity contribution < 1.29 is 14.3 Å². The molecular weight excluding hydrogens is 452 g/mol. The van der Waals surface area contributed by atoms with Gasteiger partial charge < -0.3 is 15.0 Å². The van der Waals surface area contributed by atoms with Gasteiger partial charge in [-0.1, -0.05) is 18.5 Å². The summed E-state index contributed by atoms with van der Waals surface area (Å²) in [5.41, 5.74) is 3.63. The predicted molar refractivity (Wildman–Crippen MR) is 135 cm³/mol. The van der Waals surface area contributed by atoms with E-state index < -0.39 is 5.60 Å². The van der Waals surface area contributed by atoms with Crippen LogP contribution >= 0.6 is 11.6 Å². The van der Waals surface area contributed by atoms with E-state index >= 15 is 0 Å². The SMILES string of the molecule is CCc1ccc(C(=O)Nc2cc(Cl)cc(CN3CCN(C(=O)OC(C)(C)C)C(C)C3)c2C)cn1. The molecule has 7 nitrogen and oxygen atoms in total. The van der Waals surface area contributed by atoms with E-state index in [9.17, 15) is 9.59 Å². The summed E-state index contributed by atoms with van der Waals surface area (Å²) in [4.78, 5) is 33.7. The number of ether oxygens (including phenoxy) is 1. The maximum atomic E-state index is 12.8. The highest BCUT2D eigenvalue weighted by Gasteiger charge is 2.31. The Morgan fingerprint density at radius 2 is 1.97 bits per heavy atom. The lowest BCUT2D eigenvalue weighted by Crippen LogP contribution is -2.54. The molecule has 0 aliphatic carbocycles. The Morgan fingerprint density at radius 3 is 2.56 bits per heavy atom. The molecule has 1 fully saturated rings. The number of piperazine rings is 1. The number of nitrogens with one attached hydrogen (secondary N) is 1. The van der Waals surface area contributed by atoms with Gasteiger partial charge in [-0.2, -0.15) is 0 Å². The van der Waals surface area contributed by atoms with Crippen LogP contribution in [0.5, 0.6) is 0 Å². The number of benzene rings is 1. The van der Waals surface area contributed by atoms with Crippen LogP contribution in [0, 0.1) is 6.92 Å². The van der Waals surface area contributed by atoms with Crippen LogP contribution in [-0.2, 0) is 17.7 Å². The molecule has 0 saturated carbocycles. The van der Waals surface area contributed by atoms with Gasteiger partial charge in [0.2, 0.25) is 0 Å². The molecule has 1 unspecified atom stereocenters. The number of aromatic nitrogens is 1. The molecule has 0 spiro atoms. The number of amides is 2. The van der Waals surface area contributed by atoms with Gasteiger partial charge in [-0.3, -0.25) is 14.7 Å².